The number of nitrogens with one attached hydrogen (secondary N) is 3. The van der Waals surface area contributed by atoms with Gasteiger partial charge in [-0.2, -0.15) is 9.97 Å². The molecule has 4 aromatic carbocycles. The Labute approximate surface area is 411 Å². The van der Waals surface area contributed by atoms with Crippen LogP contribution in [0.1, 0.15) is 52.9 Å². The van der Waals surface area contributed by atoms with Crippen LogP contribution in [0.15, 0.2) is 113 Å². The van der Waals surface area contributed by atoms with E-state index < -0.39 is 38.4 Å². The lowest BCUT2D eigenvalue weighted by Gasteiger charge is -2.31. The number of sulfonamides is 1. The molecule has 0 saturated carbocycles. The predicted molar refractivity (Wildman–Crippen MR) is 263 cm³/mol. The molecule has 5 aromatic rings. The van der Waals surface area contributed by atoms with Crippen molar-refractivity contribution in [3.63, 3.8) is 0 Å². The fourth-order valence-electron chi connectivity index (χ4n) is 7.05. The van der Waals surface area contributed by atoms with Crippen molar-refractivity contribution < 1.29 is 56.5 Å². The molecule has 6 rings (SSSR count). The lowest BCUT2D eigenvalue weighted by Crippen LogP contribution is -2.43. The van der Waals surface area contributed by atoms with Crippen LogP contribution in [-0.4, -0.2) is 118 Å². The summed E-state index contributed by atoms with van der Waals surface area (Å²) >= 11 is 5.76. The van der Waals surface area contributed by atoms with Crippen LogP contribution in [0.3, 0.4) is 0 Å². The number of benzene rings is 4. The summed E-state index contributed by atoms with van der Waals surface area (Å²) in [5, 5.41) is 17.3. The highest BCUT2D eigenvalue weighted by molar-refractivity contribution is 7.90. The number of nitrogens with zero attached hydrogens (tertiary/aromatic N) is 5. The smallest absolute Gasteiger partial charge is 0.353 e. The average Bonchev–Trinajstić information content (AvgIpc) is 3.82. The molecule has 1 aliphatic heterocycles. The van der Waals surface area contributed by atoms with E-state index in [0.717, 1.165) is 45.3 Å². The van der Waals surface area contributed by atoms with Crippen LogP contribution in [0.5, 0.6) is 11.8 Å². The molecule has 1 aromatic heterocycles. The zero-order valence-electron chi connectivity index (χ0n) is 39.8. The normalized spacial score (nSPS) is 12.7. The maximum atomic E-state index is 12.8. The summed E-state index contributed by atoms with van der Waals surface area (Å²) in [6.45, 7) is 6.56. The first-order valence-electron chi connectivity index (χ1n) is 21.3. The highest BCUT2D eigenvalue weighted by Gasteiger charge is 2.44. The van der Waals surface area contributed by atoms with Crippen molar-refractivity contribution in [1.82, 2.24) is 19.6 Å². The summed E-state index contributed by atoms with van der Waals surface area (Å²) in [6, 6.07) is 29.0. The molecule has 0 radical (unpaired) electrons. The first-order valence-corrected chi connectivity index (χ1v) is 23.3. The van der Waals surface area contributed by atoms with Crippen molar-refractivity contribution in [2.24, 2.45) is 5.16 Å². The lowest BCUT2D eigenvalue weighted by molar-refractivity contribution is -0.129. The van der Waals surface area contributed by atoms with Crippen molar-refractivity contribution in [3.05, 3.63) is 131 Å². The number of urea groups is 1. The number of aliphatic carboxylic acids is 1. The average molecular weight is 1000 g/mol. The molecule has 2 heterocycles. The Kier molecular flexibility index (Phi) is 20.2. The maximum Gasteiger partial charge on any atom is 0.353 e. The van der Waals surface area contributed by atoms with Crippen molar-refractivity contribution in [2.75, 3.05) is 63.4 Å². The van der Waals surface area contributed by atoms with Crippen molar-refractivity contribution in [3.8, 4) is 11.8 Å². The number of para-hydroxylation sites is 1. The Balaban J connectivity index is 0.000000238. The fraction of sp³-hybridized carbons (Fsp3) is 0.292. The number of oxime groups is 1. The van der Waals surface area contributed by atoms with Crippen molar-refractivity contribution in [2.45, 2.75) is 50.2 Å². The summed E-state index contributed by atoms with van der Waals surface area (Å²) in [7, 11) is 2.63. The number of carbonyl (C=O) groups is 5. The molecule has 22 heteroatoms. The molecule has 1 atom stereocenters. The second-order valence-electron chi connectivity index (χ2n) is 15.3. The molecule has 0 saturated heterocycles. The summed E-state index contributed by atoms with van der Waals surface area (Å²) in [6.07, 6.45) is 1.44. The minimum Gasteiger partial charge on any atom is -0.481 e. The molecular formula is C48H55ClN8O12S. The molecule has 1 unspecified atom stereocenters. The molecule has 0 bridgehead atoms. The number of methoxy groups -OCH3 is 3. The number of carboxylic acids is 1. The molecule has 20 nitrogen and oxygen atoms in total. The minimum absolute atomic E-state index is 0.0223. The van der Waals surface area contributed by atoms with Gasteiger partial charge in [0.15, 0.2) is 11.3 Å². The number of ether oxygens (including phenoxy) is 3. The minimum atomic E-state index is -4.54. The second kappa shape index (κ2) is 25.7. The van der Waals surface area contributed by atoms with E-state index in [1.807, 2.05) is 86.6 Å². The summed E-state index contributed by atoms with van der Waals surface area (Å²) in [5.41, 5.74) is 4.08. The van der Waals surface area contributed by atoms with E-state index in [9.17, 15) is 32.4 Å². The first kappa shape index (κ1) is 55.0. The standard InChI is InChI=1S/C17H20N6O7S.C16H13NO3.C15H22ClNO2/c1-23(2)15(25)11-6-5-10(18-9-24)7-12(11)31(27,28)22-17(26)21-16-19-13(29-3)8-14(20-16)30-4;18-15(19)14-11-16(20-17-14,12-7-3-1-4-8-12)13-9-5-2-6-10-13;1-5-13-8-6-7-11(2)15(13)17(14(18)9-16)12(3)10-19-4/h5-9H,1-4H3,(H,18,24)(H2,19,20,21,22,26);1-10H,11H2,(H,18,19);6-8,12H,5,9-10H2,1-4H3. The molecular weight excluding hydrogens is 948 g/mol. The summed E-state index contributed by atoms with van der Waals surface area (Å²) in [4.78, 5) is 74.4. The predicted octanol–water partition coefficient (Wildman–Crippen LogP) is 6.23. The zero-order chi connectivity index (χ0) is 51.6. The lowest BCUT2D eigenvalue weighted by atomic mass is 9.82. The third kappa shape index (κ3) is 14.0. The van der Waals surface area contributed by atoms with E-state index in [0.29, 0.717) is 13.0 Å². The number of hydrogen-bond acceptors (Lipinski definition) is 14. The number of anilines is 3. The van der Waals surface area contributed by atoms with Crippen LogP contribution < -0.4 is 29.7 Å². The zero-order valence-corrected chi connectivity index (χ0v) is 41.3. The highest BCUT2D eigenvalue weighted by Crippen LogP contribution is 2.41. The first-order chi connectivity index (χ1) is 33.4. The second-order valence-corrected chi connectivity index (χ2v) is 17.2. The van der Waals surface area contributed by atoms with E-state index >= 15 is 0 Å². The van der Waals surface area contributed by atoms with Crippen molar-refractivity contribution >= 4 is 74.9 Å². The van der Waals surface area contributed by atoms with Gasteiger partial charge in [0.05, 0.1) is 50.6 Å². The third-order valence-electron chi connectivity index (χ3n) is 10.3. The molecule has 5 amide bonds. The maximum absolute atomic E-state index is 12.8. The number of carboxylic acid groups (broad SMARTS) is 1. The number of aromatic nitrogens is 2. The molecule has 0 spiro atoms. The Bertz CT molecular complexity index is 2700. The number of rotatable bonds is 17. The van der Waals surface area contributed by atoms with E-state index in [1.165, 1.54) is 46.5 Å². The number of alkyl halides is 1. The van der Waals surface area contributed by atoms with Gasteiger partial charge in [-0.05, 0) is 49.6 Å². The van der Waals surface area contributed by atoms with Crippen LogP contribution in [-0.2, 0) is 46.0 Å². The number of aryl methyl sites for hydroxylation is 2. The molecule has 1 aliphatic rings. The quantitative estimate of drug-likeness (QED) is 0.0595. The fourth-order valence-corrected chi connectivity index (χ4v) is 8.31. The molecule has 372 valence electrons. The molecule has 0 fully saturated rings. The van der Waals surface area contributed by atoms with Crippen LogP contribution >= 0.6 is 11.6 Å². The number of hydrogen-bond donors (Lipinski definition) is 4. The van der Waals surface area contributed by atoms with Gasteiger partial charge in [-0.25, -0.2) is 22.7 Å². The van der Waals surface area contributed by atoms with Gasteiger partial charge in [-0.1, -0.05) is 90.9 Å². The molecule has 0 aliphatic carbocycles. The van der Waals surface area contributed by atoms with Gasteiger partial charge in [0.2, 0.25) is 30.0 Å². The van der Waals surface area contributed by atoms with Gasteiger partial charge < -0.3 is 39.3 Å². The Morgan fingerprint density at radius 1 is 0.900 bits per heavy atom. The van der Waals surface area contributed by atoms with E-state index in [1.54, 1.807) is 16.7 Å². The Morgan fingerprint density at radius 3 is 1.99 bits per heavy atom. The van der Waals surface area contributed by atoms with Crippen molar-refractivity contribution in [1.29, 1.82) is 0 Å². The van der Waals surface area contributed by atoms with Gasteiger partial charge in [0.1, 0.15) is 10.8 Å². The summed E-state index contributed by atoms with van der Waals surface area (Å²) in [5.74, 6) is -1.93. The van der Waals surface area contributed by atoms with Crippen LogP contribution in [0.4, 0.5) is 22.1 Å². The SMILES string of the molecule is CCc1cccc(C)c1N(C(=O)CCl)C(C)COC.COc1cc(OC)nc(NC(=O)NS(=O)(=O)c2cc(NC=O)ccc2C(=O)N(C)C)n1.O=C(O)C1=NOC(c2ccccc2)(c2ccccc2)C1. The highest BCUT2D eigenvalue weighted by atomic mass is 35.5. The number of amides is 5. The van der Waals surface area contributed by atoms with Gasteiger partial charge in [-0.3, -0.25) is 19.7 Å². The van der Waals surface area contributed by atoms with Gasteiger partial charge in [0, 0.05) is 38.0 Å². The van der Waals surface area contributed by atoms with Crippen LogP contribution in [0, 0.1) is 6.92 Å². The summed E-state index contributed by atoms with van der Waals surface area (Å²) < 4.78 is 42.5. The van der Waals surface area contributed by atoms with Crippen LogP contribution in [0.25, 0.3) is 0 Å². The molecule has 70 heavy (non-hydrogen) atoms. The van der Waals surface area contributed by atoms with Gasteiger partial charge in [-0.15, -0.1) is 11.6 Å². The van der Waals surface area contributed by atoms with E-state index in [-0.39, 0.29) is 58.9 Å². The third-order valence-corrected chi connectivity index (χ3v) is 11.9. The Hall–Kier alpha value is -7.62. The molecule has 4 N–H and O–H groups in total. The van der Waals surface area contributed by atoms with Gasteiger partial charge in [0.25, 0.3) is 15.9 Å². The number of halogens is 1. The van der Waals surface area contributed by atoms with Crippen LogP contribution in [0.2, 0.25) is 0 Å². The topological polar surface area (TPSA) is 257 Å². The van der Waals surface area contributed by atoms with E-state index in [2.05, 4.69) is 38.7 Å². The van der Waals surface area contributed by atoms with Gasteiger partial charge >= 0.3 is 12.0 Å². The Morgan fingerprint density at radius 2 is 1.50 bits per heavy atom. The monoisotopic (exact) mass is 1000 g/mol. The van der Waals surface area contributed by atoms with E-state index in [4.69, 9.17) is 35.8 Å². The number of carbonyl (C=O) groups excluding carboxylic acids is 4. The largest absolute Gasteiger partial charge is 0.481 e.